The lowest BCUT2D eigenvalue weighted by Crippen LogP contribution is -2.60. The van der Waals surface area contributed by atoms with E-state index in [0.717, 1.165) is 12.8 Å². The predicted molar refractivity (Wildman–Crippen MR) is 208 cm³/mol. The first kappa shape index (κ1) is 50.1. The van der Waals surface area contributed by atoms with Crippen LogP contribution in [-0.4, -0.2) is 167 Å². The van der Waals surface area contributed by atoms with Crippen molar-refractivity contribution in [2.75, 3.05) is 81.0 Å². The molecule has 1 heterocycles. The maximum absolute atomic E-state index is 14.3. The zero-order valence-electron chi connectivity index (χ0n) is 35.4. The molecule has 1 aliphatic rings. The number of nitrogens with two attached hydrogens (primary N) is 1. The van der Waals surface area contributed by atoms with Gasteiger partial charge in [-0.1, -0.05) is 54.9 Å². The number of rotatable bonds is 29. The van der Waals surface area contributed by atoms with E-state index in [2.05, 4.69) is 5.32 Å². The summed E-state index contributed by atoms with van der Waals surface area (Å²) >= 11 is 0. The highest BCUT2D eigenvalue weighted by molar-refractivity contribution is 5.90. The number of amides is 4. The van der Waals surface area contributed by atoms with Crippen molar-refractivity contribution in [2.24, 2.45) is 29.4 Å². The zero-order valence-corrected chi connectivity index (χ0v) is 35.4. The summed E-state index contributed by atoms with van der Waals surface area (Å²) in [5.41, 5.74) is 5.60. The lowest BCUT2D eigenvalue weighted by Gasteiger charge is -2.41. The number of likely N-dealkylation sites (N-methyl/N-ethyl adjacent to an activating group) is 2. The quantitative estimate of drug-likeness (QED) is 0.0934. The molecule has 0 radical (unpaired) electrons. The average Bonchev–Trinajstić information content (AvgIpc) is 3.61. The molecular formula is C39H73N5O11. The second-order valence-electron chi connectivity index (χ2n) is 15.4. The third-order valence-electron chi connectivity index (χ3n) is 10.7. The first-order valence-electron chi connectivity index (χ1n) is 19.8. The highest BCUT2D eigenvalue weighted by Gasteiger charge is 2.43. The fourth-order valence-electron chi connectivity index (χ4n) is 7.35. The summed E-state index contributed by atoms with van der Waals surface area (Å²) in [6.07, 6.45) is 0.991. The summed E-state index contributed by atoms with van der Waals surface area (Å²) < 4.78 is 28.0. The molecule has 4 N–H and O–H groups in total. The van der Waals surface area contributed by atoms with Gasteiger partial charge in [0.15, 0.2) is 0 Å². The summed E-state index contributed by atoms with van der Waals surface area (Å²) in [6.45, 7) is 16.3. The lowest BCUT2D eigenvalue weighted by atomic mass is 9.89. The summed E-state index contributed by atoms with van der Waals surface area (Å²) in [4.78, 5) is 70.0. The van der Waals surface area contributed by atoms with Gasteiger partial charge in [-0.05, 0) is 37.6 Å². The number of nitrogens with one attached hydrogen (secondary N) is 1. The van der Waals surface area contributed by atoms with Gasteiger partial charge in [0.1, 0.15) is 6.04 Å². The van der Waals surface area contributed by atoms with Crippen molar-refractivity contribution in [1.29, 1.82) is 0 Å². The molecule has 16 nitrogen and oxygen atoms in total. The van der Waals surface area contributed by atoms with Crippen molar-refractivity contribution in [3.8, 4) is 0 Å². The van der Waals surface area contributed by atoms with Crippen LogP contribution in [0.1, 0.15) is 80.6 Å². The Hall–Kier alpha value is -2.89. The molecule has 0 aromatic carbocycles. The first-order valence-corrected chi connectivity index (χ1v) is 19.8. The van der Waals surface area contributed by atoms with E-state index in [0.29, 0.717) is 52.5 Å². The lowest BCUT2D eigenvalue weighted by molar-refractivity contribution is -0.148. The van der Waals surface area contributed by atoms with Crippen LogP contribution < -0.4 is 11.1 Å². The monoisotopic (exact) mass is 788 g/mol. The van der Waals surface area contributed by atoms with E-state index >= 15 is 0 Å². The largest absolute Gasteiger partial charge is 0.481 e. The van der Waals surface area contributed by atoms with Crippen LogP contribution >= 0.6 is 0 Å². The number of aliphatic carboxylic acids is 1. The smallest absolute Gasteiger partial charge is 0.305 e. The van der Waals surface area contributed by atoms with E-state index < -0.39 is 48.1 Å². The maximum Gasteiger partial charge on any atom is 0.305 e. The molecule has 16 heteroatoms. The Labute approximate surface area is 329 Å². The normalized spacial score (nSPS) is 18.5. The summed E-state index contributed by atoms with van der Waals surface area (Å²) in [5, 5.41) is 11.7. The molecule has 1 aliphatic heterocycles. The molecular weight excluding hydrogens is 714 g/mol. The predicted octanol–water partition coefficient (Wildman–Crippen LogP) is 2.01. The van der Waals surface area contributed by atoms with Gasteiger partial charge in [-0.15, -0.1) is 0 Å². The molecule has 8 atom stereocenters. The van der Waals surface area contributed by atoms with Gasteiger partial charge in [0.25, 0.3) is 0 Å². The Morgan fingerprint density at radius 2 is 1.45 bits per heavy atom. The van der Waals surface area contributed by atoms with E-state index in [1.807, 2.05) is 53.5 Å². The van der Waals surface area contributed by atoms with Crippen LogP contribution in [0.4, 0.5) is 0 Å². The Balaban J connectivity index is 2.97. The molecule has 0 bridgehead atoms. The summed E-state index contributed by atoms with van der Waals surface area (Å²) in [5.74, 6) is -2.98. The number of carboxylic acid groups (broad SMARTS) is 1. The molecule has 0 spiro atoms. The van der Waals surface area contributed by atoms with Gasteiger partial charge in [0, 0.05) is 34.4 Å². The number of likely N-dealkylation sites (tertiary alicyclic amines) is 1. The molecule has 320 valence electrons. The van der Waals surface area contributed by atoms with Crippen molar-refractivity contribution in [3.05, 3.63) is 0 Å². The Bertz CT molecular complexity index is 1180. The second-order valence-corrected chi connectivity index (χ2v) is 15.4. The number of hydrogen-bond acceptors (Lipinski definition) is 11. The van der Waals surface area contributed by atoms with E-state index in [9.17, 15) is 24.0 Å². The molecule has 0 aromatic heterocycles. The number of methoxy groups -OCH3 is 2. The van der Waals surface area contributed by atoms with Crippen LogP contribution in [0.2, 0.25) is 0 Å². The fraction of sp³-hybridized carbons (Fsp3) is 0.872. The minimum Gasteiger partial charge on any atom is -0.481 e. The molecule has 4 amide bonds. The van der Waals surface area contributed by atoms with Gasteiger partial charge in [-0.3, -0.25) is 28.9 Å². The number of primary amides is 1. The minimum atomic E-state index is -0.908. The third kappa shape index (κ3) is 16.2. The van der Waals surface area contributed by atoms with Gasteiger partial charge in [-0.25, -0.2) is 0 Å². The molecule has 0 saturated carbocycles. The molecule has 0 unspecified atom stereocenters. The van der Waals surface area contributed by atoms with E-state index in [1.165, 1.54) is 7.11 Å². The molecule has 55 heavy (non-hydrogen) atoms. The molecule has 0 aliphatic carbocycles. The second kappa shape index (κ2) is 26.1. The number of nitrogens with zero attached hydrogens (tertiary/aromatic N) is 3. The van der Waals surface area contributed by atoms with Crippen LogP contribution in [0.3, 0.4) is 0 Å². The molecule has 1 saturated heterocycles. The van der Waals surface area contributed by atoms with Crippen LogP contribution in [0.25, 0.3) is 0 Å². The van der Waals surface area contributed by atoms with E-state index in [4.69, 9.17) is 34.5 Å². The molecule has 0 aromatic rings. The number of carbonyl (C=O) groups excluding carboxylic acids is 4. The maximum atomic E-state index is 14.3. The van der Waals surface area contributed by atoms with Crippen molar-refractivity contribution < 1.29 is 52.8 Å². The topological polar surface area (TPSA) is 199 Å². The first-order chi connectivity index (χ1) is 25.9. The number of ether oxygens (including phenoxy) is 5. The van der Waals surface area contributed by atoms with Crippen molar-refractivity contribution >= 4 is 29.6 Å². The van der Waals surface area contributed by atoms with E-state index in [1.54, 1.807) is 30.9 Å². The Morgan fingerprint density at radius 1 is 0.873 bits per heavy atom. The zero-order chi connectivity index (χ0) is 41.8. The third-order valence-corrected chi connectivity index (χ3v) is 10.7. The van der Waals surface area contributed by atoms with Crippen LogP contribution in [0.15, 0.2) is 0 Å². The number of hydrogen-bond donors (Lipinski definition) is 3. The van der Waals surface area contributed by atoms with Gasteiger partial charge >= 0.3 is 5.97 Å². The highest BCUT2D eigenvalue weighted by atomic mass is 16.5. The van der Waals surface area contributed by atoms with Gasteiger partial charge in [0.05, 0.1) is 88.7 Å². The van der Waals surface area contributed by atoms with Crippen LogP contribution in [0, 0.1) is 23.7 Å². The van der Waals surface area contributed by atoms with Gasteiger partial charge in [-0.2, -0.15) is 0 Å². The standard InChI is InChI=1S/C39H73N5O11/c1-12-27(6)35(30(51-10)24-31(45)44-16-13-14-29(44)36(52-11)28(7)37(40)48)43(9)39(50)33(25(2)3)41-38(49)34(26(4)5)42(8)17-19-54-21-23-55-22-20-53-18-15-32(46)47/h25-30,33-36H,12-24H2,1-11H3,(H2,40,48)(H,41,49)(H,46,47)/t27-,28+,29-,30+,33-,34-,35-,36+/m0/s1. The fourth-order valence-corrected chi connectivity index (χ4v) is 7.35. The van der Waals surface area contributed by atoms with Crippen LogP contribution in [0.5, 0.6) is 0 Å². The number of carboxylic acids is 1. The van der Waals surface area contributed by atoms with Crippen LogP contribution in [-0.2, 0) is 47.7 Å². The van der Waals surface area contributed by atoms with Gasteiger partial charge < -0.3 is 49.6 Å². The SMILES string of the molecule is CC[C@H](C)[C@@H]([C@@H](CC(=O)N1CCC[C@H]1[C@H](OC)[C@@H](C)C(N)=O)OC)N(C)C(=O)[C@@H](NC(=O)[C@H](C(C)C)N(C)CCOCCOCCOCCC(=O)O)C(C)C. The molecule has 1 rings (SSSR count). The summed E-state index contributed by atoms with van der Waals surface area (Å²) in [6, 6.07) is -2.13. The van der Waals surface area contributed by atoms with E-state index in [-0.39, 0.29) is 61.0 Å². The Morgan fingerprint density at radius 3 is 1.95 bits per heavy atom. The average molecular weight is 788 g/mol. The Kier molecular flexibility index (Phi) is 23.8. The highest BCUT2D eigenvalue weighted by Crippen LogP contribution is 2.29. The van der Waals surface area contributed by atoms with Crippen molar-refractivity contribution in [2.45, 2.75) is 117 Å². The van der Waals surface area contributed by atoms with Gasteiger partial charge in [0.2, 0.25) is 23.6 Å². The summed E-state index contributed by atoms with van der Waals surface area (Å²) in [7, 11) is 6.64. The van der Waals surface area contributed by atoms with Crippen molar-refractivity contribution in [1.82, 2.24) is 20.0 Å². The number of carbonyl (C=O) groups is 5. The van der Waals surface area contributed by atoms with Crippen molar-refractivity contribution in [3.63, 3.8) is 0 Å². The minimum absolute atomic E-state index is 0.0249. The molecule has 1 fully saturated rings.